The molecule has 0 aliphatic carbocycles. The van der Waals surface area contributed by atoms with Gasteiger partial charge in [-0.05, 0) is 25.0 Å². The van der Waals surface area contributed by atoms with Crippen molar-refractivity contribution in [3.05, 3.63) is 68.5 Å². The molecule has 0 spiro atoms. The third-order valence-corrected chi connectivity index (χ3v) is 5.34. The lowest BCUT2D eigenvalue weighted by atomic mass is 10.0. The number of benzene rings is 1. The van der Waals surface area contributed by atoms with Gasteiger partial charge in [0.2, 0.25) is 10.0 Å². The van der Waals surface area contributed by atoms with E-state index in [-0.39, 0.29) is 18.5 Å². The Labute approximate surface area is 152 Å². The number of alkyl halides is 3. The van der Waals surface area contributed by atoms with Crippen LogP contribution in [0, 0.1) is 0 Å². The van der Waals surface area contributed by atoms with Crippen LogP contribution in [-0.2, 0) is 22.7 Å². The van der Waals surface area contributed by atoms with Gasteiger partial charge in [-0.15, -0.1) is 0 Å². The molecule has 1 aromatic carbocycles. The molecule has 2 aromatic rings. The van der Waals surface area contributed by atoms with E-state index in [0.717, 1.165) is 16.7 Å². The molecule has 0 saturated heterocycles. The van der Waals surface area contributed by atoms with Gasteiger partial charge in [-0.1, -0.05) is 18.2 Å². The summed E-state index contributed by atoms with van der Waals surface area (Å²) in [7, 11) is -3.89. The fourth-order valence-corrected chi connectivity index (χ4v) is 3.86. The third kappa shape index (κ3) is 5.79. The summed E-state index contributed by atoms with van der Waals surface area (Å²) in [6.45, 7) is 1.36. The van der Waals surface area contributed by atoms with E-state index in [1.54, 1.807) is 0 Å². The molecule has 2 rings (SSSR count). The molecular weight excluding hydrogens is 387 g/mol. The molecular formula is C16H18F3N3O4S. The third-order valence-electron chi connectivity index (χ3n) is 3.80. The molecule has 1 aromatic heterocycles. The molecule has 0 radical (unpaired) electrons. The van der Waals surface area contributed by atoms with Gasteiger partial charge in [0, 0.05) is 24.8 Å². The molecule has 0 bridgehead atoms. The summed E-state index contributed by atoms with van der Waals surface area (Å²) in [4.78, 5) is 24.5. The first kappa shape index (κ1) is 20.9. The first-order valence-electron chi connectivity index (χ1n) is 7.95. The Kier molecular flexibility index (Phi) is 6.26. The fourth-order valence-electron chi connectivity index (χ4n) is 2.57. The summed E-state index contributed by atoms with van der Waals surface area (Å²) in [5.41, 5.74) is -2.31. The highest BCUT2D eigenvalue weighted by Crippen LogP contribution is 2.34. The number of hydrogen-bond donors (Lipinski definition) is 2. The second-order valence-electron chi connectivity index (χ2n) is 5.90. The van der Waals surface area contributed by atoms with Crippen LogP contribution in [0.1, 0.15) is 30.5 Å². The largest absolute Gasteiger partial charge is 0.416 e. The SMILES string of the molecule is C[C@@H](NS(=O)(=O)CCCn1ccc(=O)[nH]c1=O)c1ccccc1C(F)(F)F. The molecule has 27 heavy (non-hydrogen) atoms. The minimum absolute atomic E-state index is 0.0318. The minimum Gasteiger partial charge on any atom is -0.301 e. The summed E-state index contributed by atoms with van der Waals surface area (Å²) >= 11 is 0. The van der Waals surface area contributed by atoms with Crippen molar-refractivity contribution in [3.8, 4) is 0 Å². The van der Waals surface area contributed by atoms with Gasteiger partial charge in [0.05, 0.1) is 11.3 Å². The Hall–Kier alpha value is -2.40. The molecule has 11 heteroatoms. The van der Waals surface area contributed by atoms with E-state index in [1.165, 1.54) is 31.3 Å². The lowest BCUT2D eigenvalue weighted by Crippen LogP contribution is -2.32. The number of sulfonamides is 1. The Morgan fingerprint density at radius 1 is 1.19 bits per heavy atom. The quantitative estimate of drug-likeness (QED) is 0.731. The highest BCUT2D eigenvalue weighted by atomic mass is 32.2. The number of nitrogens with zero attached hydrogens (tertiary/aromatic N) is 1. The van der Waals surface area contributed by atoms with E-state index in [9.17, 15) is 31.2 Å². The van der Waals surface area contributed by atoms with Crippen LogP contribution in [0.5, 0.6) is 0 Å². The number of halogens is 3. The van der Waals surface area contributed by atoms with Crippen LogP contribution in [0.3, 0.4) is 0 Å². The van der Waals surface area contributed by atoms with E-state index in [4.69, 9.17) is 0 Å². The lowest BCUT2D eigenvalue weighted by Gasteiger charge is -2.19. The average molecular weight is 405 g/mol. The summed E-state index contributed by atoms with van der Waals surface area (Å²) in [6.07, 6.45) is -3.32. The van der Waals surface area contributed by atoms with Crippen LogP contribution in [0.2, 0.25) is 0 Å². The van der Waals surface area contributed by atoms with Crippen LogP contribution in [-0.4, -0.2) is 23.7 Å². The lowest BCUT2D eigenvalue weighted by molar-refractivity contribution is -0.138. The predicted octanol–water partition coefficient (Wildman–Crippen LogP) is 1.63. The normalized spacial score (nSPS) is 13.5. The number of H-pyrrole nitrogens is 1. The summed E-state index contributed by atoms with van der Waals surface area (Å²) in [5, 5.41) is 0. The zero-order valence-corrected chi connectivity index (χ0v) is 15.1. The van der Waals surface area contributed by atoms with Crippen molar-refractivity contribution in [2.24, 2.45) is 0 Å². The maximum atomic E-state index is 13.1. The van der Waals surface area contributed by atoms with Crippen molar-refractivity contribution in [1.29, 1.82) is 0 Å². The van der Waals surface area contributed by atoms with Crippen molar-refractivity contribution in [1.82, 2.24) is 14.3 Å². The van der Waals surface area contributed by atoms with Gasteiger partial charge in [-0.2, -0.15) is 13.2 Å². The van der Waals surface area contributed by atoms with Gasteiger partial charge in [0.25, 0.3) is 5.56 Å². The highest BCUT2D eigenvalue weighted by molar-refractivity contribution is 7.89. The number of aromatic nitrogens is 2. The monoisotopic (exact) mass is 405 g/mol. The average Bonchev–Trinajstić information content (AvgIpc) is 2.55. The second-order valence-corrected chi connectivity index (χ2v) is 7.77. The van der Waals surface area contributed by atoms with E-state index in [1.807, 2.05) is 4.98 Å². The summed E-state index contributed by atoms with van der Waals surface area (Å²) < 4.78 is 66.9. The molecule has 0 fully saturated rings. The van der Waals surface area contributed by atoms with Crippen molar-refractivity contribution in [2.45, 2.75) is 32.1 Å². The van der Waals surface area contributed by atoms with E-state index < -0.39 is 44.8 Å². The van der Waals surface area contributed by atoms with Gasteiger partial charge < -0.3 is 4.57 Å². The predicted molar refractivity (Wildman–Crippen MR) is 92.7 cm³/mol. The molecule has 0 aliphatic rings. The van der Waals surface area contributed by atoms with Crippen LogP contribution in [0.4, 0.5) is 13.2 Å². The van der Waals surface area contributed by atoms with Gasteiger partial charge >= 0.3 is 11.9 Å². The molecule has 0 aliphatic heterocycles. The van der Waals surface area contributed by atoms with E-state index in [2.05, 4.69) is 4.72 Å². The Bertz CT molecular complexity index is 1010. The number of hydrogen-bond acceptors (Lipinski definition) is 4. The minimum atomic E-state index is -4.60. The summed E-state index contributed by atoms with van der Waals surface area (Å²) in [5.74, 6) is -0.392. The Balaban J connectivity index is 2.04. The smallest absolute Gasteiger partial charge is 0.301 e. The molecule has 0 saturated carbocycles. The number of rotatable bonds is 7. The molecule has 1 atom stereocenters. The molecule has 0 amide bonds. The Morgan fingerprint density at radius 2 is 1.85 bits per heavy atom. The zero-order chi connectivity index (χ0) is 20.2. The van der Waals surface area contributed by atoms with E-state index in [0.29, 0.717) is 0 Å². The van der Waals surface area contributed by atoms with Gasteiger partial charge in [0.15, 0.2) is 0 Å². The van der Waals surface area contributed by atoms with Gasteiger partial charge in [-0.25, -0.2) is 17.9 Å². The molecule has 0 unspecified atom stereocenters. The van der Waals surface area contributed by atoms with Crippen molar-refractivity contribution in [2.75, 3.05) is 5.75 Å². The van der Waals surface area contributed by atoms with Crippen molar-refractivity contribution in [3.63, 3.8) is 0 Å². The van der Waals surface area contributed by atoms with Gasteiger partial charge in [0.1, 0.15) is 0 Å². The molecule has 2 N–H and O–H groups in total. The van der Waals surface area contributed by atoms with Crippen molar-refractivity contribution >= 4 is 10.0 Å². The van der Waals surface area contributed by atoms with Crippen LogP contribution in [0.15, 0.2) is 46.1 Å². The number of aryl methyl sites for hydroxylation is 1. The maximum Gasteiger partial charge on any atom is 0.416 e. The molecule has 7 nitrogen and oxygen atoms in total. The highest BCUT2D eigenvalue weighted by Gasteiger charge is 2.34. The molecule has 1 heterocycles. The zero-order valence-electron chi connectivity index (χ0n) is 14.3. The standard InChI is InChI=1S/C16H18F3N3O4S/c1-11(12-5-2-3-6-13(12)16(17,18)19)21-27(25,26)10-4-8-22-9-7-14(23)20-15(22)24/h2-3,5-7,9,11,21H,4,8,10H2,1H3,(H,20,23,24)/t11-/m1/s1. The van der Waals surface area contributed by atoms with Crippen LogP contribution in [0.25, 0.3) is 0 Å². The summed E-state index contributed by atoms with van der Waals surface area (Å²) in [6, 6.07) is 4.79. The Morgan fingerprint density at radius 3 is 2.48 bits per heavy atom. The maximum absolute atomic E-state index is 13.1. The second kappa shape index (κ2) is 8.09. The van der Waals surface area contributed by atoms with Gasteiger partial charge in [-0.3, -0.25) is 9.78 Å². The van der Waals surface area contributed by atoms with Crippen molar-refractivity contribution < 1.29 is 21.6 Å². The number of aromatic amines is 1. The first-order chi connectivity index (χ1) is 12.5. The first-order valence-corrected chi connectivity index (χ1v) is 9.61. The molecule has 148 valence electrons. The fraction of sp³-hybridized carbons (Fsp3) is 0.375. The number of nitrogens with one attached hydrogen (secondary N) is 2. The van der Waals surface area contributed by atoms with Crippen LogP contribution < -0.4 is 16.0 Å². The van der Waals surface area contributed by atoms with Crippen LogP contribution >= 0.6 is 0 Å². The van der Waals surface area contributed by atoms with E-state index >= 15 is 0 Å². The topological polar surface area (TPSA) is 101 Å².